The van der Waals surface area contributed by atoms with Crippen molar-refractivity contribution in [2.45, 2.75) is 13.3 Å². The van der Waals surface area contributed by atoms with E-state index < -0.39 is 5.97 Å². The molecule has 0 radical (unpaired) electrons. The minimum atomic E-state index is -0.440. The van der Waals surface area contributed by atoms with Gasteiger partial charge < -0.3 is 19.6 Å². The number of rotatable bonds is 5. The second kappa shape index (κ2) is 7.19. The van der Waals surface area contributed by atoms with Crippen LogP contribution in [0.2, 0.25) is 0 Å². The molecule has 0 aliphatic heterocycles. The average Bonchev–Trinajstić information content (AvgIpc) is 2.59. The quantitative estimate of drug-likeness (QED) is 0.567. The van der Waals surface area contributed by atoms with Crippen molar-refractivity contribution in [1.29, 1.82) is 0 Å². The van der Waals surface area contributed by atoms with Crippen molar-refractivity contribution in [2.75, 3.05) is 6.54 Å². The number of esters is 1. The van der Waals surface area contributed by atoms with Gasteiger partial charge in [0.2, 0.25) is 11.2 Å². The van der Waals surface area contributed by atoms with Crippen LogP contribution in [0.3, 0.4) is 0 Å². The van der Waals surface area contributed by atoms with Gasteiger partial charge in [0.05, 0.1) is 11.8 Å². The van der Waals surface area contributed by atoms with Gasteiger partial charge in [0.1, 0.15) is 22.8 Å². The lowest BCUT2D eigenvalue weighted by atomic mass is 10.2. The topological polar surface area (TPSA) is 91.8 Å². The molecule has 0 fully saturated rings. The number of aryl methyl sites for hydroxylation is 1. The molecule has 3 aromatic rings. The largest absolute Gasteiger partial charge is 0.457 e. The zero-order valence-corrected chi connectivity index (χ0v) is 13.7. The van der Waals surface area contributed by atoms with Crippen LogP contribution in [0.1, 0.15) is 12.2 Å². The minimum absolute atomic E-state index is 0.116. The molecule has 25 heavy (non-hydrogen) atoms. The Morgan fingerprint density at radius 2 is 1.88 bits per heavy atom. The molecule has 0 bridgehead atoms. The summed E-state index contributed by atoms with van der Waals surface area (Å²) in [6.45, 7) is 1.85. The number of nitrogens with two attached hydrogens (primary N) is 1. The zero-order valence-electron chi connectivity index (χ0n) is 13.7. The van der Waals surface area contributed by atoms with Gasteiger partial charge in [-0.15, -0.1) is 0 Å². The van der Waals surface area contributed by atoms with Crippen molar-refractivity contribution in [3.05, 3.63) is 64.5 Å². The van der Waals surface area contributed by atoms with Gasteiger partial charge in [-0.2, -0.15) is 0 Å². The predicted octanol–water partition coefficient (Wildman–Crippen LogP) is 3.15. The fourth-order valence-electron chi connectivity index (χ4n) is 2.36. The van der Waals surface area contributed by atoms with Crippen LogP contribution in [0.25, 0.3) is 11.0 Å². The molecule has 0 atom stereocenters. The van der Waals surface area contributed by atoms with E-state index in [4.69, 9.17) is 19.6 Å². The Hall–Kier alpha value is -3.12. The van der Waals surface area contributed by atoms with Crippen molar-refractivity contribution in [2.24, 2.45) is 5.73 Å². The molecule has 0 saturated heterocycles. The van der Waals surface area contributed by atoms with Crippen LogP contribution < -0.4 is 20.6 Å². The molecule has 3 rings (SSSR count). The van der Waals surface area contributed by atoms with Crippen molar-refractivity contribution in [1.82, 2.24) is 0 Å². The number of carbonyl (C=O) groups excluding carboxylic acids is 1. The van der Waals surface area contributed by atoms with Gasteiger partial charge in [-0.05, 0) is 31.2 Å². The second-order valence-electron chi connectivity index (χ2n) is 5.40. The lowest BCUT2D eigenvalue weighted by Crippen LogP contribution is -2.13. The van der Waals surface area contributed by atoms with Gasteiger partial charge in [0, 0.05) is 12.6 Å². The highest BCUT2D eigenvalue weighted by Gasteiger charge is 2.15. The highest BCUT2D eigenvalue weighted by Crippen LogP contribution is 2.27. The third-order valence-electron chi connectivity index (χ3n) is 3.53. The van der Waals surface area contributed by atoms with E-state index in [-0.39, 0.29) is 24.1 Å². The molecule has 1 heterocycles. The molecule has 1 aromatic heterocycles. The first kappa shape index (κ1) is 16.7. The number of fused-ring (bicyclic) bond motifs is 1. The predicted molar refractivity (Wildman–Crippen MR) is 93.0 cm³/mol. The number of hydrogen-bond donors (Lipinski definition) is 1. The molecule has 0 aliphatic carbocycles. The number of benzene rings is 2. The van der Waals surface area contributed by atoms with Gasteiger partial charge in [-0.3, -0.25) is 9.59 Å². The first-order valence-corrected chi connectivity index (χ1v) is 7.79. The van der Waals surface area contributed by atoms with Gasteiger partial charge in [0.15, 0.2) is 0 Å². The molecule has 2 aromatic carbocycles. The van der Waals surface area contributed by atoms with Crippen LogP contribution in [-0.2, 0) is 4.79 Å². The Balaban J connectivity index is 1.97. The van der Waals surface area contributed by atoms with Crippen LogP contribution in [-0.4, -0.2) is 12.5 Å². The lowest BCUT2D eigenvalue weighted by Gasteiger charge is -2.09. The Morgan fingerprint density at radius 1 is 1.12 bits per heavy atom. The number of hydrogen-bond acceptors (Lipinski definition) is 6. The summed E-state index contributed by atoms with van der Waals surface area (Å²) in [5, 5.41) is 0.343. The second-order valence-corrected chi connectivity index (χ2v) is 5.40. The molecule has 0 spiro atoms. The Bertz CT molecular complexity index is 963. The summed E-state index contributed by atoms with van der Waals surface area (Å²) in [5.74, 6) is 0.873. The lowest BCUT2D eigenvalue weighted by molar-refractivity contribution is -0.134. The minimum Gasteiger partial charge on any atom is -0.457 e. The summed E-state index contributed by atoms with van der Waals surface area (Å²) >= 11 is 0. The molecular formula is C19H17NO5. The van der Waals surface area contributed by atoms with Crippen LogP contribution in [0.15, 0.2) is 57.7 Å². The van der Waals surface area contributed by atoms with E-state index in [0.717, 1.165) is 0 Å². The summed E-state index contributed by atoms with van der Waals surface area (Å²) in [5.41, 5.74) is 5.35. The maximum Gasteiger partial charge on any atom is 0.312 e. The van der Waals surface area contributed by atoms with E-state index in [1.165, 1.54) is 12.1 Å². The average molecular weight is 339 g/mol. The highest BCUT2D eigenvalue weighted by atomic mass is 16.5. The normalized spacial score (nSPS) is 10.6. The summed E-state index contributed by atoms with van der Waals surface area (Å²) in [6, 6.07) is 13.6. The first-order valence-electron chi connectivity index (χ1n) is 7.79. The molecule has 128 valence electrons. The number of para-hydroxylation sites is 1. The monoisotopic (exact) mass is 339 g/mol. The van der Waals surface area contributed by atoms with E-state index in [9.17, 15) is 9.59 Å². The molecule has 0 unspecified atom stereocenters. The van der Waals surface area contributed by atoms with Crippen LogP contribution >= 0.6 is 0 Å². The molecule has 0 amide bonds. The molecular weight excluding hydrogens is 322 g/mol. The summed E-state index contributed by atoms with van der Waals surface area (Å²) in [4.78, 5) is 24.2. The maximum atomic E-state index is 12.7. The van der Waals surface area contributed by atoms with Crippen molar-refractivity contribution in [3.63, 3.8) is 0 Å². The molecule has 6 heteroatoms. The maximum absolute atomic E-state index is 12.7. The van der Waals surface area contributed by atoms with E-state index in [1.54, 1.807) is 25.1 Å². The summed E-state index contributed by atoms with van der Waals surface area (Å²) in [7, 11) is 0. The smallest absolute Gasteiger partial charge is 0.312 e. The van der Waals surface area contributed by atoms with E-state index >= 15 is 0 Å². The van der Waals surface area contributed by atoms with Crippen molar-refractivity contribution in [3.8, 4) is 17.2 Å². The van der Waals surface area contributed by atoms with Crippen LogP contribution in [0, 0.1) is 6.92 Å². The van der Waals surface area contributed by atoms with Gasteiger partial charge in [0.25, 0.3) is 0 Å². The molecule has 6 nitrogen and oxygen atoms in total. The third-order valence-corrected chi connectivity index (χ3v) is 3.53. The van der Waals surface area contributed by atoms with Crippen molar-refractivity contribution >= 4 is 16.9 Å². The standard InChI is InChI=1S/C19H17NO5/c1-12-19(25-13-5-3-2-4-6-13)18(22)15-8-7-14(11-16(15)23-12)24-17(21)9-10-20/h2-8,11H,9-10,20H2,1H3. The number of carbonyl (C=O) groups is 1. The Labute approximate surface area is 143 Å². The third kappa shape index (κ3) is 3.70. The Morgan fingerprint density at radius 3 is 2.60 bits per heavy atom. The van der Waals surface area contributed by atoms with Gasteiger partial charge in [-0.25, -0.2) is 0 Å². The number of ether oxygens (including phenoxy) is 2. The van der Waals surface area contributed by atoms with E-state index in [0.29, 0.717) is 28.2 Å². The fourth-order valence-corrected chi connectivity index (χ4v) is 2.36. The molecule has 0 aliphatic rings. The fraction of sp³-hybridized carbons (Fsp3) is 0.158. The highest BCUT2D eigenvalue weighted by molar-refractivity contribution is 5.81. The van der Waals surface area contributed by atoms with Crippen LogP contribution in [0.4, 0.5) is 0 Å². The van der Waals surface area contributed by atoms with E-state index in [2.05, 4.69) is 0 Å². The summed E-state index contributed by atoms with van der Waals surface area (Å²) < 4.78 is 16.5. The molecule has 0 saturated carbocycles. The van der Waals surface area contributed by atoms with Gasteiger partial charge >= 0.3 is 5.97 Å². The Kier molecular flexibility index (Phi) is 4.81. The van der Waals surface area contributed by atoms with Gasteiger partial charge in [-0.1, -0.05) is 18.2 Å². The zero-order chi connectivity index (χ0) is 17.8. The van der Waals surface area contributed by atoms with E-state index in [1.807, 2.05) is 18.2 Å². The first-order chi connectivity index (χ1) is 12.1. The SMILES string of the molecule is Cc1oc2cc(OC(=O)CCN)ccc2c(=O)c1Oc1ccccc1. The van der Waals surface area contributed by atoms with Crippen LogP contribution in [0.5, 0.6) is 17.2 Å². The summed E-state index contributed by atoms with van der Waals surface area (Å²) in [6.07, 6.45) is 0.116. The van der Waals surface area contributed by atoms with Crippen molar-refractivity contribution < 1.29 is 18.7 Å². The molecule has 2 N–H and O–H groups in total.